The molecule has 2 aliphatic rings. The fourth-order valence-corrected chi connectivity index (χ4v) is 5.83. The van der Waals surface area contributed by atoms with Crippen molar-refractivity contribution in [3.63, 3.8) is 0 Å². The van der Waals surface area contributed by atoms with E-state index in [2.05, 4.69) is 68.7 Å². The number of hydrogen-bond donors (Lipinski definition) is 1. The number of fused-ring (bicyclic) bond motifs is 3. The zero-order valence-corrected chi connectivity index (χ0v) is 20.0. The molecule has 0 radical (unpaired) electrons. The molecule has 1 saturated heterocycles. The van der Waals surface area contributed by atoms with Gasteiger partial charge in [0.25, 0.3) is 5.91 Å². The Morgan fingerprint density at radius 1 is 1.00 bits per heavy atom. The smallest absolute Gasteiger partial charge is 0.272 e. The number of amides is 1. The number of thioether (sulfide) groups is 1. The Kier molecular flexibility index (Phi) is 6.80. The van der Waals surface area contributed by atoms with Gasteiger partial charge in [-0.05, 0) is 24.6 Å². The summed E-state index contributed by atoms with van der Waals surface area (Å²) in [6.07, 6.45) is 0.955. The first-order valence-electron chi connectivity index (χ1n) is 11.7. The molecule has 7 heteroatoms. The van der Waals surface area contributed by atoms with Gasteiger partial charge < -0.3 is 10.2 Å². The van der Waals surface area contributed by atoms with Gasteiger partial charge in [0.15, 0.2) is 5.69 Å². The van der Waals surface area contributed by atoms with E-state index in [0.717, 1.165) is 62.7 Å². The van der Waals surface area contributed by atoms with Crippen LogP contribution in [-0.4, -0.2) is 64.8 Å². The molecule has 0 unspecified atom stereocenters. The number of rotatable bonds is 7. The van der Waals surface area contributed by atoms with Gasteiger partial charge in [0, 0.05) is 68.1 Å². The van der Waals surface area contributed by atoms with E-state index in [4.69, 9.17) is 0 Å². The van der Waals surface area contributed by atoms with Gasteiger partial charge in [0.2, 0.25) is 0 Å². The van der Waals surface area contributed by atoms with Crippen molar-refractivity contribution in [2.24, 2.45) is 7.05 Å². The average molecular weight is 462 g/mol. The molecule has 2 aromatic carbocycles. The molecule has 3 heterocycles. The maximum atomic E-state index is 12.9. The first-order chi connectivity index (χ1) is 16.2. The molecule has 0 atom stereocenters. The Morgan fingerprint density at radius 3 is 2.55 bits per heavy atom. The zero-order valence-electron chi connectivity index (χ0n) is 19.2. The van der Waals surface area contributed by atoms with Crippen molar-refractivity contribution >= 4 is 17.7 Å². The van der Waals surface area contributed by atoms with E-state index >= 15 is 0 Å². The third-order valence-corrected chi connectivity index (χ3v) is 7.63. The van der Waals surface area contributed by atoms with Gasteiger partial charge in [-0.1, -0.05) is 48.5 Å². The first-order valence-corrected chi connectivity index (χ1v) is 12.7. The number of carbonyl (C=O) groups excluding carboxylic acids is 1. The van der Waals surface area contributed by atoms with Gasteiger partial charge in [0.1, 0.15) is 0 Å². The van der Waals surface area contributed by atoms with Crippen LogP contribution in [0.1, 0.15) is 28.0 Å². The van der Waals surface area contributed by atoms with Crippen LogP contribution in [0.4, 0.5) is 0 Å². The summed E-state index contributed by atoms with van der Waals surface area (Å²) in [5, 5.41) is 7.68. The highest BCUT2D eigenvalue weighted by Gasteiger charge is 2.27. The Balaban J connectivity index is 1.08. The quantitative estimate of drug-likeness (QED) is 0.545. The molecule has 0 saturated carbocycles. The van der Waals surface area contributed by atoms with Crippen LogP contribution in [0.2, 0.25) is 0 Å². The summed E-state index contributed by atoms with van der Waals surface area (Å²) in [5.41, 5.74) is 5.25. The van der Waals surface area contributed by atoms with E-state index in [9.17, 15) is 4.79 Å². The first kappa shape index (κ1) is 22.2. The molecular weight excluding hydrogens is 430 g/mol. The van der Waals surface area contributed by atoms with Gasteiger partial charge >= 0.3 is 0 Å². The van der Waals surface area contributed by atoms with Gasteiger partial charge in [0.05, 0.1) is 5.69 Å². The van der Waals surface area contributed by atoms with Gasteiger partial charge in [-0.15, -0.1) is 11.8 Å². The number of aryl methyl sites for hydroxylation is 1. The number of piperazine rings is 1. The third kappa shape index (κ3) is 5.00. The Morgan fingerprint density at radius 2 is 1.73 bits per heavy atom. The lowest BCUT2D eigenvalue weighted by atomic mass is 10.1. The molecule has 1 N–H and O–H groups in total. The second kappa shape index (κ2) is 10.1. The minimum Gasteiger partial charge on any atom is -0.351 e. The normalized spacial score (nSPS) is 16.3. The van der Waals surface area contributed by atoms with E-state index in [-0.39, 0.29) is 5.91 Å². The van der Waals surface area contributed by atoms with Crippen molar-refractivity contribution in [2.75, 3.05) is 39.3 Å². The van der Waals surface area contributed by atoms with Crippen LogP contribution < -0.4 is 5.32 Å². The number of nitrogens with zero attached hydrogens (tertiary/aromatic N) is 4. The summed E-state index contributed by atoms with van der Waals surface area (Å²) in [5.74, 6) is 0.732. The summed E-state index contributed by atoms with van der Waals surface area (Å²) >= 11 is 1.78. The average Bonchev–Trinajstić information content (AvgIpc) is 3.20. The number of hydrogen-bond acceptors (Lipinski definition) is 5. The zero-order chi connectivity index (χ0) is 22.6. The van der Waals surface area contributed by atoms with Gasteiger partial charge in [-0.25, -0.2) is 0 Å². The molecule has 0 spiro atoms. The molecular formula is C26H31N5OS. The van der Waals surface area contributed by atoms with Gasteiger partial charge in [-0.3, -0.25) is 14.4 Å². The van der Waals surface area contributed by atoms with Crippen LogP contribution in [0.3, 0.4) is 0 Å². The Hall–Kier alpha value is -2.61. The maximum absolute atomic E-state index is 12.9. The molecule has 0 bridgehead atoms. The van der Waals surface area contributed by atoms with E-state index < -0.39 is 0 Å². The predicted octanol–water partition coefficient (Wildman–Crippen LogP) is 3.63. The van der Waals surface area contributed by atoms with Crippen LogP contribution in [0.5, 0.6) is 0 Å². The van der Waals surface area contributed by atoms with E-state index in [0.29, 0.717) is 12.2 Å². The van der Waals surface area contributed by atoms with Crippen LogP contribution in [0.15, 0.2) is 59.5 Å². The second-order valence-corrected chi connectivity index (χ2v) is 9.81. The summed E-state index contributed by atoms with van der Waals surface area (Å²) < 4.78 is 1.86. The molecule has 1 fully saturated rings. The largest absolute Gasteiger partial charge is 0.351 e. The third-order valence-electron chi connectivity index (χ3n) is 6.53. The molecule has 5 rings (SSSR count). The van der Waals surface area contributed by atoms with Crippen molar-refractivity contribution < 1.29 is 4.79 Å². The second-order valence-electron chi connectivity index (χ2n) is 8.80. The molecule has 33 heavy (non-hydrogen) atoms. The maximum Gasteiger partial charge on any atom is 0.272 e. The fourth-order valence-electron chi connectivity index (χ4n) is 4.76. The lowest BCUT2D eigenvalue weighted by Crippen LogP contribution is -2.46. The monoisotopic (exact) mass is 461 g/mol. The molecule has 1 aromatic heterocycles. The molecule has 6 nitrogen and oxygen atoms in total. The van der Waals surface area contributed by atoms with Crippen molar-refractivity contribution in [1.29, 1.82) is 0 Å². The Bertz CT molecular complexity index is 1110. The van der Waals surface area contributed by atoms with Crippen molar-refractivity contribution in [3.8, 4) is 11.3 Å². The molecule has 0 aliphatic carbocycles. The fraction of sp³-hybridized carbons (Fsp3) is 0.385. The van der Waals surface area contributed by atoms with Crippen molar-refractivity contribution in [3.05, 3.63) is 71.4 Å². The summed E-state index contributed by atoms with van der Waals surface area (Å²) in [6.45, 7) is 7.10. The molecule has 1 amide bonds. The molecule has 3 aromatic rings. The van der Waals surface area contributed by atoms with Crippen molar-refractivity contribution in [1.82, 2.24) is 24.9 Å². The topological polar surface area (TPSA) is 53.4 Å². The molecule has 2 aliphatic heterocycles. The standard InChI is InChI=1S/C26H31N5OS/c1-29-25-21-10-5-6-11-23(21)33-19-22(25)24(28-29)26(32)27-12-7-13-30-14-16-31(17-15-30)18-20-8-3-2-4-9-20/h2-6,8-11H,7,12-19H2,1H3,(H,27,32). The van der Waals surface area contributed by atoms with E-state index in [1.54, 1.807) is 11.8 Å². The van der Waals surface area contributed by atoms with Gasteiger partial charge in [-0.2, -0.15) is 5.10 Å². The van der Waals surface area contributed by atoms with Crippen LogP contribution in [-0.2, 0) is 19.3 Å². The summed E-state index contributed by atoms with van der Waals surface area (Å²) in [6, 6.07) is 19.0. The van der Waals surface area contributed by atoms with E-state index in [1.807, 2.05) is 17.8 Å². The highest BCUT2D eigenvalue weighted by Crippen LogP contribution is 2.42. The van der Waals surface area contributed by atoms with Crippen LogP contribution >= 0.6 is 11.8 Å². The SMILES string of the molecule is Cn1nc(C(=O)NCCCN2CCN(Cc3ccccc3)CC2)c2c1-c1ccccc1SC2. The lowest BCUT2D eigenvalue weighted by molar-refractivity contribution is 0.0941. The predicted molar refractivity (Wildman–Crippen MR) is 133 cm³/mol. The number of benzene rings is 2. The number of carbonyl (C=O) groups is 1. The molecule has 172 valence electrons. The minimum atomic E-state index is -0.0560. The summed E-state index contributed by atoms with van der Waals surface area (Å²) in [4.78, 5) is 19.2. The lowest BCUT2D eigenvalue weighted by Gasteiger charge is -2.34. The summed E-state index contributed by atoms with van der Waals surface area (Å²) in [7, 11) is 1.93. The highest BCUT2D eigenvalue weighted by atomic mass is 32.2. The van der Waals surface area contributed by atoms with Crippen molar-refractivity contribution in [2.45, 2.75) is 23.6 Å². The number of aromatic nitrogens is 2. The Labute approximate surface area is 200 Å². The van der Waals surface area contributed by atoms with Crippen LogP contribution in [0, 0.1) is 0 Å². The minimum absolute atomic E-state index is 0.0560. The highest BCUT2D eigenvalue weighted by molar-refractivity contribution is 7.98. The number of nitrogens with one attached hydrogen (secondary N) is 1. The van der Waals surface area contributed by atoms with Crippen LogP contribution in [0.25, 0.3) is 11.3 Å². The van der Waals surface area contributed by atoms with E-state index in [1.165, 1.54) is 16.0 Å².